The number of hydrogen-bond donors (Lipinski definition) is 0. The lowest BCUT2D eigenvalue weighted by atomic mass is 9.95. The average Bonchev–Trinajstić information content (AvgIpc) is 2.67. The van der Waals surface area contributed by atoms with Crippen molar-refractivity contribution in [2.24, 2.45) is 5.92 Å². The van der Waals surface area contributed by atoms with Crippen molar-refractivity contribution in [2.75, 3.05) is 26.2 Å². The quantitative estimate of drug-likeness (QED) is 0.824. The normalized spacial score (nSPS) is 22.3. The van der Waals surface area contributed by atoms with E-state index in [4.69, 9.17) is 4.74 Å². The van der Waals surface area contributed by atoms with Gasteiger partial charge in [0.1, 0.15) is 0 Å². The van der Waals surface area contributed by atoms with E-state index in [1.807, 2.05) is 34.9 Å². The van der Waals surface area contributed by atoms with Crippen molar-refractivity contribution >= 4 is 11.8 Å². The summed E-state index contributed by atoms with van der Waals surface area (Å²) in [6.45, 7) is 5.40. The Hall–Kier alpha value is -1.88. The van der Waals surface area contributed by atoms with Gasteiger partial charge in [-0.15, -0.1) is 0 Å². The molecule has 0 N–H and O–H groups in total. The maximum absolute atomic E-state index is 12.8. The Kier molecular flexibility index (Phi) is 6.08. The Morgan fingerprint density at radius 2 is 1.88 bits per heavy atom. The Labute approximate surface area is 149 Å². The molecule has 25 heavy (non-hydrogen) atoms. The highest BCUT2D eigenvalue weighted by molar-refractivity contribution is 5.84. The molecular weight excluding hydrogens is 316 g/mol. The van der Waals surface area contributed by atoms with Crippen LogP contribution in [0.5, 0.6) is 0 Å². The zero-order valence-electron chi connectivity index (χ0n) is 15.0. The van der Waals surface area contributed by atoms with Crippen molar-refractivity contribution in [2.45, 2.75) is 45.3 Å². The van der Waals surface area contributed by atoms with Gasteiger partial charge in [0, 0.05) is 32.6 Å². The minimum atomic E-state index is -0.0283. The Balaban J connectivity index is 1.44. The van der Waals surface area contributed by atoms with E-state index in [-0.39, 0.29) is 23.8 Å². The van der Waals surface area contributed by atoms with Crippen molar-refractivity contribution in [3.05, 3.63) is 35.9 Å². The van der Waals surface area contributed by atoms with Crippen molar-refractivity contribution in [1.82, 2.24) is 9.80 Å². The molecule has 0 spiro atoms. The highest BCUT2D eigenvalue weighted by Crippen LogP contribution is 2.23. The fourth-order valence-electron chi connectivity index (χ4n) is 3.71. The van der Waals surface area contributed by atoms with E-state index in [0.29, 0.717) is 32.5 Å². The van der Waals surface area contributed by atoms with Crippen LogP contribution in [-0.4, -0.2) is 53.9 Å². The second-order valence-corrected chi connectivity index (χ2v) is 6.99. The van der Waals surface area contributed by atoms with Crippen LogP contribution in [0.4, 0.5) is 0 Å². The zero-order valence-corrected chi connectivity index (χ0v) is 15.0. The van der Waals surface area contributed by atoms with Crippen molar-refractivity contribution < 1.29 is 14.3 Å². The summed E-state index contributed by atoms with van der Waals surface area (Å²) in [5.41, 5.74) is 1.19. The molecule has 2 aliphatic heterocycles. The third-order valence-electron chi connectivity index (χ3n) is 5.31. The van der Waals surface area contributed by atoms with Crippen LogP contribution in [0.3, 0.4) is 0 Å². The van der Waals surface area contributed by atoms with Crippen LogP contribution >= 0.6 is 0 Å². The molecule has 3 rings (SSSR count). The summed E-state index contributed by atoms with van der Waals surface area (Å²) in [6, 6.07) is 10.2. The molecule has 5 nitrogen and oxygen atoms in total. The molecule has 2 aliphatic rings. The minimum absolute atomic E-state index is 0.0283. The van der Waals surface area contributed by atoms with Crippen LogP contribution < -0.4 is 0 Å². The maximum atomic E-state index is 12.8. The number of carbonyl (C=O) groups excluding carboxylic acids is 2. The zero-order chi connectivity index (χ0) is 17.6. The summed E-state index contributed by atoms with van der Waals surface area (Å²) in [6.07, 6.45) is 3.20. The maximum Gasteiger partial charge on any atom is 0.227 e. The fraction of sp³-hybridized carbons (Fsp3) is 0.600. The molecule has 0 aromatic heterocycles. The van der Waals surface area contributed by atoms with Crippen molar-refractivity contribution in [3.63, 3.8) is 0 Å². The Bertz CT molecular complexity index is 582. The summed E-state index contributed by atoms with van der Waals surface area (Å²) < 4.78 is 6.00. The molecule has 136 valence electrons. The topological polar surface area (TPSA) is 49.9 Å². The van der Waals surface area contributed by atoms with Crippen LogP contribution in [-0.2, 0) is 20.9 Å². The molecule has 1 aromatic carbocycles. The number of hydrogen-bond acceptors (Lipinski definition) is 3. The Morgan fingerprint density at radius 1 is 1.16 bits per heavy atom. The highest BCUT2D eigenvalue weighted by Gasteiger charge is 2.33. The molecule has 5 heteroatoms. The molecule has 1 aromatic rings. The Morgan fingerprint density at radius 3 is 2.56 bits per heavy atom. The van der Waals surface area contributed by atoms with Gasteiger partial charge in [0.05, 0.1) is 18.6 Å². The smallest absolute Gasteiger partial charge is 0.227 e. The van der Waals surface area contributed by atoms with Crippen LogP contribution in [0.25, 0.3) is 0 Å². The molecule has 0 saturated carbocycles. The number of likely N-dealkylation sites (tertiary alicyclic amines) is 2. The molecule has 0 aliphatic carbocycles. The lowest BCUT2D eigenvalue weighted by Crippen LogP contribution is -2.49. The van der Waals surface area contributed by atoms with Gasteiger partial charge in [0.15, 0.2) is 0 Å². The van der Waals surface area contributed by atoms with Gasteiger partial charge in [-0.25, -0.2) is 0 Å². The van der Waals surface area contributed by atoms with E-state index in [1.165, 1.54) is 5.56 Å². The van der Waals surface area contributed by atoms with E-state index in [1.54, 1.807) is 0 Å². The molecule has 1 atom stereocenters. The lowest BCUT2D eigenvalue weighted by molar-refractivity contribution is -0.144. The standard InChI is InChI=1S/C20H28N2O3/c1-2-21-14-17(8-9-19(21)23)20(24)22-12-10-18(11-13-22)25-15-16-6-4-3-5-7-16/h3-7,17-18H,2,8-15H2,1H3. The van der Waals surface area contributed by atoms with Crippen molar-refractivity contribution in [3.8, 4) is 0 Å². The van der Waals surface area contributed by atoms with E-state index >= 15 is 0 Å². The first-order valence-electron chi connectivity index (χ1n) is 9.39. The molecule has 1 unspecified atom stereocenters. The predicted octanol–water partition coefficient (Wildman–Crippen LogP) is 2.45. The highest BCUT2D eigenvalue weighted by atomic mass is 16.5. The third kappa shape index (κ3) is 4.60. The van der Waals surface area contributed by atoms with E-state index in [9.17, 15) is 9.59 Å². The first-order chi connectivity index (χ1) is 12.2. The van der Waals surface area contributed by atoms with Gasteiger partial charge >= 0.3 is 0 Å². The number of benzene rings is 1. The van der Waals surface area contributed by atoms with Gasteiger partial charge in [-0.05, 0) is 31.7 Å². The monoisotopic (exact) mass is 344 g/mol. The van der Waals surface area contributed by atoms with E-state index in [0.717, 1.165) is 25.9 Å². The number of carbonyl (C=O) groups is 2. The SMILES string of the molecule is CCN1CC(C(=O)N2CCC(OCc3ccccc3)CC2)CCC1=O. The summed E-state index contributed by atoms with van der Waals surface area (Å²) in [5, 5.41) is 0. The second-order valence-electron chi connectivity index (χ2n) is 6.99. The first kappa shape index (κ1) is 17.9. The number of rotatable bonds is 5. The van der Waals surface area contributed by atoms with Crippen LogP contribution in [0, 0.1) is 5.92 Å². The average molecular weight is 344 g/mol. The number of amides is 2. The molecule has 2 fully saturated rings. The lowest BCUT2D eigenvalue weighted by Gasteiger charge is -2.37. The minimum Gasteiger partial charge on any atom is -0.373 e. The fourth-order valence-corrected chi connectivity index (χ4v) is 3.71. The number of piperidine rings is 2. The van der Waals surface area contributed by atoms with Gasteiger partial charge < -0.3 is 14.5 Å². The molecule has 2 amide bonds. The number of ether oxygens (including phenoxy) is 1. The van der Waals surface area contributed by atoms with Gasteiger partial charge in [-0.3, -0.25) is 9.59 Å². The van der Waals surface area contributed by atoms with Gasteiger partial charge in [0.25, 0.3) is 0 Å². The summed E-state index contributed by atoms with van der Waals surface area (Å²) in [5.74, 6) is 0.367. The van der Waals surface area contributed by atoms with E-state index in [2.05, 4.69) is 12.1 Å². The first-order valence-corrected chi connectivity index (χ1v) is 9.39. The summed E-state index contributed by atoms with van der Waals surface area (Å²) in [4.78, 5) is 28.3. The molecule has 2 saturated heterocycles. The van der Waals surface area contributed by atoms with Crippen LogP contribution in [0.2, 0.25) is 0 Å². The van der Waals surface area contributed by atoms with Crippen molar-refractivity contribution in [1.29, 1.82) is 0 Å². The summed E-state index contributed by atoms with van der Waals surface area (Å²) >= 11 is 0. The van der Waals surface area contributed by atoms with Crippen LogP contribution in [0.1, 0.15) is 38.2 Å². The molecular formula is C20H28N2O3. The predicted molar refractivity (Wildman–Crippen MR) is 95.8 cm³/mol. The number of nitrogens with zero attached hydrogens (tertiary/aromatic N) is 2. The largest absolute Gasteiger partial charge is 0.373 e. The van der Waals surface area contributed by atoms with E-state index < -0.39 is 0 Å². The van der Waals surface area contributed by atoms with Gasteiger partial charge in [-0.1, -0.05) is 30.3 Å². The van der Waals surface area contributed by atoms with Gasteiger partial charge in [-0.2, -0.15) is 0 Å². The third-order valence-corrected chi connectivity index (χ3v) is 5.31. The summed E-state index contributed by atoms with van der Waals surface area (Å²) in [7, 11) is 0. The second kappa shape index (κ2) is 8.48. The molecule has 0 radical (unpaired) electrons. The van der Waals surface area contributed by atoms with Gasteiger partial charge in [0.2, 0.25) is 11.8 Å². The molecule has 0 bridgehead atoms. The molecule has 2 heterocycles. The van der Waals surface area contributed by atoms with Crippen LogP contribution in [0.15, 0.2) is 30.3 Å².